The van der Waals surface area contributed by atoms with E-state index < -0.39 is 0 Å². The van der Waals surface area contributed by atoms with Gasteiger partial charge in [-0.05, 0) is 49.1 Å². The summed E-state index contributed by atoms with van der Waals surface area (Å²) in [5.41, 5.74) is 7.76. The molecule has 5 rings (SSSR count). The van der Waals surface area contributed by atoms with Crippen LogP contribution in [0, 0.1) is 5.92 Å². The first-order chi connectivity index (χ1) is 15.1. The molecule has 0 saturated carbocycles. The van der Waals surface area contributed by atoms with E-state index in [4.69, 9.17) is 31.8 Å². The Kier molecular flexibility index (Phi) is 5.54. The van der Waals surface area contributed by atoms with Crippen LogP contribution in [-0.4, -0.2) is 45.7 Å². The van der Waals surface area contributed by atoms with Crippen LogP contribution < -0.4 is 15.2 Å². The van der Waals surface area contributed by atoms with Crippen molar-refractivity contribution >= 4 is 46.6 Å². The summed E-state index contributed by atoms with van der Waals surface area (Å²) in [6.45, 7) is 2.65. The van der Waals surface area contributed by atoms with E-state index in [0.717, 1.165) is 60.9 Å². The lowest BCUT2D eigenvalue weighted by molar-refractivity contribution is -0.119. The quantitative estimate of drug-likeness (QED) is 0.560. The summed E-state index contributed by atoms with van der Waals surface area (Å²) in [6.07, 6.45) is 5.69. The molecule has 1 saturated heterocycles. The average molecular weight is 460 g/mol. The van der Waals surface area contributed by atoms with Crippen molar-refractivity contribution in [2.24, 2.45) is 5.92 Å². The van der Waals surface area contributed by atoms with E-state index in [9.17, 15) is 4.79 Å². The highest BCUT2D eigenvalue weighted by molar-refractivity contribution is 7.99. The Labute approximate surface area is 188 Å². The van der Waals surface area contributed by atoms with Crippen LogP contribution in [0.5, 0.6) is 11.5 Å². The van der Waals surface area contributed by atoms with Gasteiger partial charge in [0.25, 0.3) is 0 Å². The van der Waals surface area contributed by atoms with E-state index in [1.807, 2.05) is 17.0 Å². The SMILES string of the molecule is Nc1nccc2c1nc(Sc1cc3c(cc1Cl)OCO3)n2CCC1CCN(C=O)CC1. The van der Waals surface area contributed by atoms with Crippen molar-refractivity contribution in [1.82, 2.24) is 19.4 Å². The number of ether oxygens (including phenoxy) is 2. The zero-order chi connectivity index (χ0) is 21.4. The standard InChI is InChI=1S/C21H22ClN5O3S/c22-14-9-16-17(30-12-29-16)10-18(14)31-21-25-19-15(1-5-24-20(19)23)27(21)8-4-13-2-6-26(11-28)7-3-13/h1,5,9-11,13H,2-4,6-8,12H2,(H2,23,24). The molecule has 8 nitrogen and oxygen atoms in total. The first kappa shape index (κ1) is 20.3. The van der Waals surface area contributed by atoms with Gasteiger partial charge in [-0.1, -0.05) is 11.6 Å². The number of rotatable bonds is 6. The number of likely N-dealkylation sites (tertiary alicyclic amines) is 1. The average Bonchev–Trinajstić information content (AvgIpc) is 3.37. The fourth-order valence-corrected chi connectivity index (χ4v) is 5.30. The third-order valence-electron chi connectivity index (χ3n) is 5.85. The minimum absolute atomic E-state index is 0.198. The number of amides is 1. The Morgan fingerprint density at radius 3 is 2.81 bits per heavy atom. The van der Waals surface area contributed by atoms with Crippen molar-refractivity contribution in [1.29, 1.82) is 0 Å². The number of aryl methyl sites for hydroxylation is 1. The van der Waals surface area contributed by atoms with Crippen molar-refractivity contribution in [3.05, 3.63) is 29.4 Å². The van der Waals surface area contributed by atoms with Crippen LogP contribution in [0.1, 0.15) is 19.3 Å². The molecule has 1 aromatic carbocycles. The molecule has 0 aliphatic carbocycles. The van der Waals surface area contributed by atoms with Gasteiger partial charge in [-0.15, -0.1) is 0 Å². The van der Waals surface area contributed by atoms with Crippen LogP contribution in [0.15, 0.2) is 34.4 Å². The first-order valence-corrected chi connectivity index (χ1v) is 11.4. The number of anilines is 1. The molecule has 0 radical (unpaired) electrons. The fourth-order valence-electron chi connectivity index (χ4n) is 4.08. The number of hydrogen-bond acceptors (Lipinski definition) is 7. The number of halogens is 1. The number of carbonyl (C=O) groups excluding carboxylic acids is 1. The van der Waals surface area contributed by atoms with E-state index in [2.05, 4.69) is 9.55 Å². The van der Waals surface area contributed by atoms with Crippen molar-refractivity contribution in [2.75, 3.05) is 25.6 Å². The van der Waals surface area contributed by atoms with E-state index in [1.165, 1.54) is 11.8 Å². The molecule has 31 heavy (non-hydrogen) atoms. The minimum atomic E-state index is 0.198. The number of fused-ring (bicyclic) bond motifs is 2. The van der Waals surface area contributed by atoms with Crippen molar-refractivity contribution in [2.45, 2.75) is 35.9 Å². The maximum absolute atomic E-state index is 11.0. The van der Waals surface area contributed by atoms with Crippen molar-refractivity contribution in [3.63, 3.8) is 0 Å². The van der Waals surface area contributed by atoms with Gasteiger partial charge in [0.05, 0.1) is 10.5 Å². The lowest BCUT2D eigenvalue weighted by Gasteiger charge is -2.29. The van der Waals surface area contributed by atoms with Crippen molar-refractivity contribution in [3.8, 4) is 11.5 Å². The lowest BCUT2D eigenvalue weighted by Crippen LogP contribution is -2.32. The van der Waals surface area contributed by atoms with Crippen LogP contribution in [0.25, 0.3) is 11.0 Å². The molecule has 2 aromatic heterocycles. The molecule has 1 amide bonds. The monoisotopic (exact) mass is 459 g/mol. The maximum Gasteiger partial charge on any atom is 0.231 e. The molecule has 2 N–H and O–H groups in total. The van der Waals surface area contributed by atoms with Gasteiger partial charge in [-0.3, -0.25) is 4.79 Å². The Bertz CT molecular complexity index is 1130. The third kappa shape index (κ3) is 3.99. The van der Waals surface area contributed by atoms with Gasteiger partial charge in [0.15, 0.2) is 22.5 Å². The number of aromatic nitrogens is 3. The number of nitrogen functional groups attached to an aromatic ring is 1. The van der Waals surface area contributed by atoms with E-state index in [-0.39, 0.29) is 6.79 Å². The summed E-state index contributed by atoms with van der Waals surface area (Å²) in [7, 11) is 0. The normalized spacial score (nSPS) is 16.2. The van der Waals surface area contributed by atoms with Crippen LogP contribution in [0.4, 0.5) is 5.82 Å². The van der Waals surface area contributed by atoms with Crippen LogP contribution >= 0.6 is 23.4 Å². The number of pyridine rings is 1. The van der Waals surface area contributed by atoms with Gasteiger partial charge in [-0.2, -0.15) is 0 Å². The van der Waals surface area contributed by atoms with E-state index in [1.54, 1.807) is 12.3 Å². The smallest absolute Gasteiger partial charge is 0.231 e. The molecule has 0 bridgehead atoms. The third-order valence-corrected chi connectivity index (χ3v) is 7.32. The number of piperidine rings is 1. The molecule has 1 fully saturated rings. The second kappa shape index (κ2) is 8.47. The van der Waals surface area contributed by atoms with Crippen LogP contribution in [0.3, 0.4) is 0 Å². The summed E-state index contributed by atoms with van der Waals surface area (Å²) >= 11 is 7.98. The van der Waals surface area contributed by atoms with E-state index in [0.29, 0.717) is 33.8 Å². The number of imidazole rings is 1. The molecule has 0 spiro atoms. The zero-order valence-electron chi connectivity index (χ0n) is 16.8. The topological polar surface area (TPSA) is 95.5 Å². The molecular weight excluding hydrogens is 438 g/mol. The summed E-state index contributed by atoms with van der Waals surface area (Å²) < 4.78 is 13.1. The second-order valence-corrected chi connectivity index (χ2v) is 9.14. The number of hydrogen-bond donors (Lipinski definition) is 1. The van der Waals surface area contributed by atoms with Gasteiger partial charge >= 0.3 is 0 Å². The summed E-state index contributed by atoms with van der Waals surface area (Å²) in [5.74, 6) is 2.31. The highest BCUT2D eigenvalue weighted by Gasteiger charge is 2.22. The lowest BCUT2D eigenvalue weighted by atomic mass is 9.94. The largest absolute Gasteiger partial charge is 0.454 e. The summed E-state index contributed by atoms with van der Waals surface area (Å²) in [4.78, 5) is 22.6. The van der Waals surface area contributed by atoms with Gasteiger partial charge in [0, 0.05) is 36.8 Å². The second-order valence-electron chi connectivity index (χ2n) is 7.72. The predicted molar refractivity (Wildman–Crippen MR) is 119 cm³/mol. The Morgan fingerprint density at radius 2 is 2.03 bits per heavy atom. The Balaban J connectivity index is 1.43. The number of nitrogens with two attached hydrogens (primary N) is 1. The first-order valence-electron chi connectivity index (χ1n) is 10.2. The predicted octanol–water partition coefficient (Wildman–Crippen LogP) is 3.81. The van der Waals surface area contributed by atoms with Crippen LogP contribution in [0.2, 0.25) is 5.02 Å². The van der Waals surface area contributed by atoms with Crippen LogP contribution in [-0.2, 0) is 11.3 Å². The molecule has 4 heterocycles. The summed E-state index contributed by atoms with van der Waals surface area (Å²) in [5, 5.41) is 1.39. The zero-order valence-corrected chi connectivity index (χ0v) is 18.4. The number of nitrogens with zero attached hydrogens (tertiary/aromatic N) is 4. The van der Waals surface area contributed by atoms with Crippen molar-refractivity contribution < 1.29 is 14.3 Å². The number of benzene rings is 1. The molecule has 0 atom stereocenters. The molecule has 162 valence electrons. The molecule has 2 aliphatic heterocycles. The van der Waals surface area contributed by atoms with E-state index >= 15 is 0 Å². The van der Waals surface area contributed by atoms with Gasteiger partial charge in [-0.25, -0.2) is 9.97 Å². The maximum atomic E-state index is 11.0. The molecule has 3 aromatic rings. The minimum Gasteiger partial charge on any atom is -0.454 e. The molecule has 0 unspecified atom stereocenters. The number of carbonyl (C=O) groups is 1. The molecule has 10 heteroatoms. The molecule has 2 aliphatic rings. The van der Waals surface area contributed by atoms with Gasteiger partial charge < -0.3 is 24.7 Å². The highest BCUT2D eigenvalue weighted by Crippen LogP contribution is 2.43. The highest BCUT2D eigenvalue weighted by atomic mass is 35.5. The van der Waals surface area contributed by atoms with Gasteiger partial charge in [0.1, 0.15) is 5.52 Å². The van der Waals surface area contributed by atoms with Gasteiger partial charge in [0.2, 0.25) is 13.2 Å². The summed E-state index contributed by atoms with van der Waals surface area (Å²) in [6, 6.07) is 5.60. The fraction of sp³-hybridized carbons (Fsp3) is 0.381. The Hall–Kier alpha value is -2.65. The molecular formula is C21H22ClN5O3S. The Morgan fingerprint density at radius 1 is 1.26 bits per heavy atom.